The molecule has 14 heavy (non-hydrogen) atoms. The second-order valence-electron chi connectivity index (χ2n) is 3.47. The Morgan fingerprint density at radius 3 is 2.57 bits per heavy atom. The standard InChI is InChI=1S/C12H8OS/c1-7-6-10-8-4-2-3-5-9(8)11(13)12(10)14-7/h2-6H,1H3. The van der Waals surface area contributed by atoms with Gasteiger partial charge in [0.05, 0.1) is 4.88 Å². The Labute approximate surface area is 86.0 Å². The summed E-state index contributed by atoms with van der Waals surface area (Å²) in [6.45, 7) is 2.04. The van der Waals surface area contributed by atoms with E-state index in [1.165, 1.54) is 4.88 Å². The third-order valence-corrected chi connectivity index (χ3v) is 3.57. The van der Waals surface area contributed by atoms with Crippen LogP contribution in [0.25, 0.3) is 11.1 Å². The van der Waals surface area contributed by atoms with E-state index in [0.717, 1.165) is 21.6 Å². The summed E-state index contributed by atoms with van der Waals surface area (Å²) < 4.78 is 0. The molecule has 68 valence electrons. The maximum Gasteiger partial charge on any atom is 0.204 e. The first-order valence-corrected chi connectivity index (χ1v) is 5.33. The van der Waals surface area contributed by atoms with Crippen LogP contribution in [-0.2, 0) is 0 Å². The smallest absolute Gasteiger partial charge is 0.204 e. The Bertz CT molecular complexity index is 537. The number of benzene rings is 1. The molecule has 1 aliphatic carbocycles. The Balaban J connectivity index is 2.39. The highest BCUT2D eigenvalue weighted by Gasteiger charge is 2.27. The van der Waals surface area contributed by atoms with Crippen LogP contribution < -0.4 is 0 Å². The second-order valence-corrected chi connectivity index (χ2v) is 4.73. The van der Waals surface area contributed by atoms with Crippen LogP contribution in [0.5, 0.6) is 0 Å². The Kier molecular flexibility index (Phi) is 1.45. The van der Waals surface area contributed by atoms with Gasteiger partial charge in [-0.2, -0.15) is 0 Å². The van der Waals surface area contributed by atoms with E-state index in [1.807, 2.05) is 31.2 Å². The van der Waals surface area contributed by atoms with Gasteiger partial charge >= 0.3 is 0 Å². The van der Waals surface area contributed by atoms with Gasteiger partial charge in [-0.1, -0.05) is 24.3 Å². The van der Waals surface area contributed by atoms with Gasteiger partial charge in [-0.05, 0) is 18.6 Å². The third kappa shape index (κ3) is 0.863. The van der Waals surface area contributed by atoms with Crippen molar-refractivity contribution < 1.29 is 4.79 Å². The minimum atomic E-state index is 0.189. The first-order valence-electron chi connectivity index (χ1n) is 4.52. The van der Waals surface area contributed by atoms with Crippen LogP contribution in [-0.4, -0.2) is 5.78 Å². The molecular weight excluding hydrogens is 192 g/mol. The molecule has 1 heterocycles. The van der Waals surface area contributed by atoms with Crippen molar-refractivity contribution in [2.75, 3.05) is 0 Å². The summed E-state index contributed by atoms with van der Waals surface area (Å²) in [5.74, 6) is 0.189. The molecule has 2 aromatic rings. The van der Waals surface area contributed by atoms with Gasteiger partial charge in [0.25, 0.3) is 0 Å². The fourth-order valence-electron chi connectivity index (χ4n) is 1.92. The minimum Gasteiger partial charge on any atom is -0.288 e. The molecule has 0 saturated heterocycles. The van der Waals surface area contributed by atoms with Crippen LogP contribution in [0.3, 0.4) is 0 Å². The normalized spacial score (nSPS) is 12.8. The average molecular weight is 200 g/mol. The lowest BCUT2D eigenvalue weighted by Crippen LogP contribution is -1.91. The number of carbonyl (C=O) groups excluding carboxylic acids is 1. The number of hydrogen-bond donors (Lipinski definition) is 0. The van der Waals surface area contributed by atoms with Crippen molar-refractivity contribution in [2.24, 2.45) is 0 Å². The number of aryl methyl sites for hydroxylation is 1. The molecule has 1 aromatic carbocycles. The van der Waals surface area contributed by atoms with Crippen molar-refractivity contribution in [1.82, 2.24) is 0 Å². The summed E-state index contributed by atoms with van der Waals surface area (Å²) in [4.78, 5) is 14.0. The molecule has 0 spiro atoms. The van der Waals surface area contributed by atoms with E-state index >= 15 is 0 Å². The van der Waals surface area contributed by atoms with Crippen LogP contribution >= 0.6 is 11.3 Å². The first kappa shape index (κ1) is 7.94. The summed E-state index contributed by atoms with van der Waals surface area (Å²) in [6.07, 6.45) is 0. The van der Waals surface area contributed by atoms with Gasteiger partial charge in [0.2, 0.25) is 5.78 Å². The first-order chi connectivity index (χ1) is 6.77. The summed E-state index contributed by atoms with van der Waals surface area (Å²) in [7, 11) is 0. The monoisotopic (exact) mass is 200 g/mol. The number of hydrogen-bond acceptors (Lipinski definition) is 2. The third-order valence-electron chi connectivity index (χ3n) is 2.52. The Morgan fingerprint density at radius 1 is 1.07 bits per heavy atom. The van der Waals surface area contributed by atoms with Crippen LogP contribution in [0.4, 0.5) is 0 Å². The molecule has 0 fully saturated rings. The van der Waals surface area contributed by atoms with Gasteiger partial charge < -0.3 is 0 Å². The zero-order valence-corrected chi connectivity index (χ0v) is 8.52. The van der Waals surface area contributed by atoms with Crippen molar-refractivity contribution in [3.63, 3.8) is 0 Å². The molecule has 0 bridgehead atoms. The van der Waals surface area contributed by atoms with Crippen molar-refractivity contribution in [3.05, 3.63) is 45.6 Å². The predicted octanol–water partition coefficient (Wildman–Crippen LogP) is 3.27. The highest BCUT2D eigenvalue weighted by Crippen LogP contribution is 2.40. The van der Waals surface area contributed by atoms with Crippen molar-refractivity contribution >= 4 is 17.1 Å². The number of thiophene rings is 1. The van der Waals surface area contributed by atoms with Crippen molar-refractivity contribution in [2.45, 2.75) is 6.92 Å². The lowest BCUT2D eigenvalue weighted by molar-refractivity contribution is 0.104. The molecule has 0 N–H and O–H groups in total. The van der Waals surface area contributed by atoms with E-state index in [2.05, 4.69) is 6.07 Å². The highest BCUT2D eigenvalue weighted by atomic mass is 32.1. The molecule has 1 nitrogen and oxygen atoms in total. The fraction of sp³-hybridized carbons (Fsp3) is 0.0833. The highest BCUT2D eigenvalue weighted by molar-refractivity contribution is 7.15. The van der Waals surface area contributed by atoms with E-state index in [1.54, 1.807) is 11.3 Å². The van der Waals surface area contributed by atoms with E-state index in [0.29, 0.717) is 0 Å². The molecule has 0 aliphatic heterocycles. The SMILES string of the molecule is Cc1cc2c(s1)C(=O)c1ccccc1-2. The molecule has 1 aliphatic rings. The van der Waals surface area contributed by atoms with Crippen LogP contribution in [0.2, 0.25) is 0 Å². The molecule has 0 unspecified atom stereocenters. The summed E-state index contributed by atoms with van der Waals surface area (Å²) in [6, 6.07) is 9.92. The van der Waals surface area contributed by atoms with Gasteiger partial charge in [0.15, 0.2) is 0 Å². The van der Waals surface area contributed by atoms with Gasteiger partial charge in [0, 0.05) is 16.0 Å². The maximum atomic E-state index is 11.9. The molecule has 0 radical (unpaired) electrons. The van der Waals surface area contributed by atoms with Gasteiger partial charge in [-0.25, -0.2) is 0 Å². The maximum absolute atomic E-state index is 11.9. The van der Waals surface area contributed by atoms with Crippen LogP contribution in [0.15, 0.2) is 30.3 Å². The largest absolute Gasteiger partial charge is 0.288 e. The molecule has 0 amide bonds. The van der Waals surface area contributed by atoms with E-state index in [4.69, 9.17) is 0 Å². The Hall–Kier alpha value is -1.41. The summed E-state index contributed by atoms with van der Waals surface area (Å²) >= 11 is 1.59. The lowest BCUT2D eigenvalue weighted by Gasteiger charge is -1.95. The number of rotatable bonds is 0. The topological polar surface area (TPSA) is 17.1 Å². The van der Waals surface area contributed by atoms with Crippen molar-refractivity contribution in [1.29, 1.82) is 0 Å². The molecule has 1 aromatic heterocycles. The summed E-state index contributed by atoms with van der Waals surface area (Å²) in [5.41, 5.74) is 3.07. The molecule has 2 heteroatoms. The number of carbonyl (C=O) groups is 1. The van der Waals surface area contributed by atoms with Gasteiger partial charge in [-0.15, -0.1) is 11.3 Å². The minimum absolute atomic E-state index is 0.189. The molecule has 0 saturated carbocycles. The van der Waals surface area contributed by atoms with E-state index < -0.39 is 0 Å². The lowest BCUT2D eigenvalue weighted by atomic mass is 10.1. The Morgan fingerprint density at radius 2 is 1.79 bits per heavy atom. The molecular formula is C12H8OS. The quantitative estimate of drug-likeness (QED) is 0.544. The van der Waals surface area contributed by atoms with Gasteiger partial charge in [-0.3, -0.25) is 4.79 Å². The van der Waals surface area contributed by atoms with Crippen LogP contribution in [0, 0.1) is 6.92 Å². The van der Waals surface area contributed by atoms with Crippen molar-refractivity contribution in [3.8, 4) is 11.1 Å². The number of fused-ring (bicyclic) bond motifs is 3. The summed E-state index contributed by atoms with van der Waals surface area (Å²) in [5, 5.41) is 0. The zero-order chi connectivity index (χ0) is 9.71. The number of ketones is 1. The molecule has 0 atom stereocenters. The van der Waals surface area contributed by atoms with Crippen LogP contribution in [0.1, 0.15) is 20.1 Å². The zero-order valence-electron chi connectivity index (χ0n) is 7.70. The predicted molar refractivity (Wildman–Crippen MR) is 57.9 cm³/mol. The van der Waals surface area contributed by atoms with E-state index in [-0.39, 0.29) is 5.78 Å². The fourth-order valence-corrected chi connectivity index (χ4v) is 2.90. The van der Waals surface area contributed by atoms with Gasteiger partial charge in [0.1, 0.15) is 0 Å². The molecule has 3 rings (SSSR count). The van der Waals surface area contributed by atoms with E-state index in [9.17, 15) is 4.79 Å². The average Bonchev–Trinajstić information content (AvgIpc) is 2.68. The second kappa shape index (κ2) is 2.55.